The van der Waals surface area contributed by atoms with Crippen LogP contribution in [0.15, 0.2) is 52.9 Å². The molecule has 0 fully saturated rings. The lowest BCUT2D eigenvalue weighted by atomic mass is 9.71. The first kappa shape index (κ1) is 42.6. The Morgan fingerprint density at radius 2 is 1.24 bits per heavy atom. The Morgan fingerprint density at radius 1 is 0.800 bits per heavy atom. The van der Waals surface area contributed by atoms with Gasteiger partial charge in [-0.05, 0) is 93.5 Å². The van der Waals surface area contributed by atoms with Gasteiger partial charge >= 0.3 is 18.0 Å². The maximum absolute atomic E-state index is 12.7. The summed E-state index contributed by atoms with van der Waals surface area (Å²) in [5, 5.41) is 14.6. The topological polar surface area (TPSA) is 141 Å². The molecule has 0 unspecified atom stereocenters. The summed E-state index contributed by atoms with van der Waals surface area (Å²) in [6, 6.07) is 9.49. The highest BCUT2D eigenvalue weighted by Gasteiger charge is 2.53. The van der Waals surface area contributed by atoms with Crippen LogP contribution in [0.5, 0.6) is 0 Å². The van der Waals surface area contributed by atoms with Gasteiger partial charge in [-0.3, -0.25) is 0 Å². The van der Waals surface area contributed by atoms with Crippen molar-refractivity contribution in [2.45, 2.75) is 80.4 Å². The van der Waals surface area contributed by atoms with Crippen molar-refractivity contribution in [3.63, 3.8) is 0 Å². The number of aliphatic hydroxyl groups is 1. The second kappa shape index (κ2) is 16.7. The van der Waals surface area contributed by atoms with Crippen LogP contribution in [0.25, 0.3) is 11.1 Å². The van der Waals surface area contributed by atoms with Gasteiger partial charge in [0.2, 0.25) is 6.08 Å². The molecule has 1 amide bonds. The van der Waals surface area contributed by atoms with Crippen LogP contribution in [0.1, 0.15) is 80.4 Å². The summed E-state index contributed by atoms with van der Waals surface area (Å²) in [6.07, 6.45) is 0.752. The number of benzene rings is 2. The number of rotatable bonds is 5. The summed E-state index contributed by atoms with van der Waals surface area (Å²) in [5.74, 6) is -1.00. The second-order valence-electron chi connectivity index (χ2n) is 13.2. The minimum Gasteiger partial charge on any atom is -0.511 e. The number of ether oxygens (including phenoxy) is 3. The van der Waals surface area contributed by atoms with Gasteiger partial charge in [-0.15, -0.1) is 0 Å². The van der Waals surface area contributed by atoms with Crippen LogP contribution >= 0.6 is 46.4 Å². The minimum atomic E-state index is -0.881. The van der Waals surface area contributed by atoms with E-state index in [1.807, 2.05) is 27.7 Å². The van der Waals surface area contributed by atoms with E-state index in [1.54, 1.807) is 65.8 Å². The van der Waals surface area contributed by atoms with Gasteiger partial charge in [0.05, 0.1) is 20.9 Å². The Labute approximate surface area is 312 Å². The molecule has 272 valence electrons. The number of nitrogens with zero attached hydrogens (tertiary/aromatic N) is 1. The summed E-state index contributed by atoms with van der Waals surface area (Å²) in [5.41, 5.74) is -2.15. The fraction of sp³-hybridized carbons (Fsp3) is 0.444. The van der Waals surface area contributed by atoms with Crippen molar-refractivity contribution >= 4 is 81.7 Å². The van der Waals surface area contributed by atoms with E-state index in [0.717, 1.165) is 0 Å². The number of cyclic esters (lactones) is 2. The molecule has 50 heavy (non-hydrogen) atoms. The molecule has 0 saturated carbocycles. The van der Waals surface area contributed by atoms with Gasteiger partial charge in [-0.2, -0.15) is 0 Å². The van der Waals surface area contributed by atoms with E-state index >= 15 is 0 Å². The molecule has 2 aromatic carbocycles. The fourth-order valence-electron chi connectivity index (χ4n) is 4.56. The van der Waals surface area contributed by atoms with Gasteiger partial charge in [0.15, 0.2) is 0 Å². The maximum atomic E-state index is 12.7. The molecule has 2 aromatic rings. The third kappa shape index (κ3) is 9.22. The highest BCUT2D eigenvalue weighted by Crippen LogP contribution is 2.50. The molecular formula is C36H42Cl4N2O8. The van der Waals surface area contributed by atoms with Gasteiger partial charge in [0.1, 0.15) is 33.9 Å². The molecule has 0 spiro atoms. The van der Waals surface area contributed by atoms with Crippen molar-refractivity contribution in [3.05, 3.63) is 79.1 Å². The lowest BCUT2D eigenvalue weighted by Crippen LogP contribution is -2.50. The molecule has 10 nitrogen and oxygen atoms in total. The van der Waals surface area contributed by atoms with Crippen LogP contribution in [0.3, 0.4) is 0 Å². The third-order valence-electron chi connectivity index (χ3n) is 8.88. The third-order valence-corrected chi connectivity index (χ3v) is 9.97. The summed E-state index contributed by atoms with van der Waals surface area (Å²) in [4.78, 5) is 49.3. The molecule has 0 bridgehead atoms. The van der Waals surface area contributed by atoms with Crippen molar-refractivity contribution in [1.29, 1.82) is 0 Å². The zero-order valence-electron chi connectivity index (χ0n) is 29.6. The zero-order valence-corrected chi connectivity index (χ0v) is 32.7. The first-order valence-corrected chi connectivity index (χ1v) is 17.1. The molecule has 14 heteroatoms. The van der Waals surface area contributed by atoms with E-state index in [1.165, 1.54) is 18.2 Å². The van der Waals surface area contributed by atoms with Crippen LogP contribution in [0.2, 0.25) is 20.1 Å². The van der Waals surface area contributed by atoms with Gasteiger partial charge < -0.3 is 24.6 Å². The molecule has 0 aliphatic carbocycles. The summed E-state index contributed by atoms with van der Waals surface area (Å²) >= 11 is 24.2. The summed E-state index contributed by atoms with van der Waals surface area (Å²) in [6.45, 7) is 18.9. The monoisotopic (exact) mass is 770 g/mol. The molecule has 0 radical (unpaired) electrons. The first-order valence-electron chi connectivity index (χ1n) is 15.6. The average Bonchev–Trinajstić information content (AvgIpc) is 2.98. The molecular weight excluding hydrogens is 730 g/mol. The number of aliphatic hydroxyl groups excluding tert-OH is 1. The molecule has 0 saturated heterocycles. The molecule has 0 atom stereocenters. The smallest absolute Gasteiger partial charge is 0.412 e. The average molecular weight is 773 g/mol. The maximum Gasteiger partial charge on any atom is 0.412 e. The number of nitrogens with one attached hydrogen (secondary N) is 1. The van der Waals surface area contributed by atoms with Crippen LogP contribution in [0, 0.1) is 10.8 Å². The van der Waals surface area contributed by atoms with Crippen LogP contribution < -0.4 is 5.32 Å². The SMILES string of the molecule is CC1(C)OC(=O)C(c2ccc(Cl)cc2Cl)=C(O)C1(C)C.CCN=C=O.CCNC(=O)OC1=C(c2ccc(Cl)cc2Cl)C(=O)OC(C)(C)C1(C)C. The van der Waals surface area contributed by atoms with E-state index in [-0.39, 0.29) is 27.7 Å². The van der Waals surface area contributed by atoms with Crippen molar-refractivity contribution in [2.75, 3.05) is 13.1 Å². The fourth-order valence-corrected chi connectivity index (χ4v) is 5.57. The predicted octanol–water partition coefficient (Wildman–Crippen LogP) is 9.78. The number of aliphatic imine (C=N–C) groups is 1. The van der Waals surface area contributed by atoms with E-state index in [4.69, 9.17) is 65.4 Å². The summed E-state index contributed by atoms with van der Waals surface area (Å²) < 4.78 is 16.6. The Kier molecular flexibility index (Phi) is 14.2. The quantitative estimate of drug-likeness (QED) is 0.133. The van der Waals surface area contributed by atoms with Gasteiger partial charge in [0.25, 0.3) is 0 Å². The molecule has 2 aliphatic heterocycles. The lowest BCUT2D eigenvalue weighted by molar-refractivity contribution is -0.165. The van der Waals surface area contributed by atoms with Crippen molar-refractivity contribution in [3.8, 4) is 0 Å². The normalized spacial score (nSPS) is 18.2. The van der Waals surface area contributed by atoms with E-state index < -0.39 is 40.1 Å². The van der Waals surface area contributed by atoms with Gasteiger partial charge in [-0.25, -0.2) is 24.2 Å². The zero-order chi connectivity index (χ0) is 38.4. The van der Waals surface area contributed by atoms with Crippen LogP contribution in [-0.2, 0) is 28.6 Å². The number of carbonyl (C=O) groups excluding carboxylic acids is 4. The van der Waals surface area contributed by atoms with E-state index in [9.17, 15) is 19.5 Å². The van der Waals surface area contributed by atoms with Crippen molar-refractivity contribution in [2.24, 2.45) is 15.8 Å². The number of isocyanates is 1. The predicted molar refractivity (Wildman–Crippen MR) is 196 cm³/mol. The second-order valence-corrected chi connectivity index (χ2v) is 14.9. The van der Waals surface area contributed by atoms with Crippen molar-refractivity contribution < 1.29 is 38.5 Å². The number of hydrogen-bond acceptors (Lipinski definition) is 9. The highest BCUT2D eigenvalue weighted by atomic mass is 35.5. The summed E-state index contributed by atoms with van der Waals surface area (Å²) in [7, 11) is 0. The largest absolute Gasteiger partial charge is 0.511 e. The molecule has 2 N–H and O–H groups in total. The molecule has 0 aromatic heterocycles. The lowest BCUT2D eigenvalue weighted by Gasteiger charge is -2.45. The standard InChI is InChI=1S/C18H21Cl2NO4.C15H16Cl2O3.C3H5NO/c1-6-21-16(23)24-14-13(11-8-7-10(19)9-12(11)20)15(22)25-18(4,5)17(14,2)3;1-14(2)12(18)11(13(19)20-15(14,3)4)9-6-5-8(16)7-10(9)17;1-2-4-3-5/h7-9H,6H2,1-5H3,(H,21,23);5-7,18H,1-4H3;2H2,1H3. The minimum absolute atomic E-state index is 0.0250. The number of esters is 2. The Balaban J connectivity index is 0.000000311. The molecule has 4 rings (SSSR count). The Morgan fingerprint density at radius 3 is 1.64 bits per heavy atom. The van der Waals surface area contributed by atoms with E-state index in [2.05, 4.69) is 10.3 Å². The van der Waals surface area contributed by atoms with Gasteiger partial charge in [-0.1, -0.05) is 58.5 Å². The Bertz CT molecular complexity index is 1760. The number of carbonyl (C=O) groups is 3. The number of halogens is 4. The molecule has 2 aliphatic rings. The van der Waals surface area contributed by atoms with Crippen LogP contribution in [-0.4, -0.2) is 53.5 Å². The first-order chi connectivity index (χ1) is 23.0. The van der Waals surface area contributed by atoms with Crippen LogP contribution in [0.4, 0.5) is 4.79 Å². The Hall–Kier alpha value is -3.53. The number of alkyl carbamates (subject to hydrolysis) is 1. The van der Waals surface area contributed by atoms with Gasteiger partial charge in [0, 0.05) is 34.3 Å². The van der Waals surface area contributed by atoms with Crippen molar-refractivity contribution in [1.82, 2.24) is 5.32 Å². The van der Waals surface area contributed by atoms with E-state index in [0.29, 0.717) is 39.3 Å². The number of amides is 1. The number of hydrogen-bond donors (Lipinski definition) is 2. The highest BCUT2D eigenvalue weighted by molar-refractivity contribution is 6.38. The molecule has 2 heterocycles.